The number of rotatable bonds is 5. The van der Waals surface area contributed by atoms with Crippen LogP contribution in [0.2, 0.25) is 0 Å². The van der Waals surface area contributed by atoms with Crippen LogP contribution in [0.3, 0.4) is 0 Å². The van der Waals surface area contributed by atoms with Crippen LogP contribution in [0.1, 0.15) is 0 Å². The lowest BCUT2D eigenvalue weighted by Crippen LogP contribution is -2.46. The highest BCUT2D eigenvalue weighted by atomic mass is 16.4. The van der Waals surface area contributed by atoms with Gasteiger partial charge in [-0.1, -0.05) is 0 Å². The van der Waals surface area contributed by atoms with Crippen LogP contribution in [0.15, 0.2) is 0 Å². The molecule has 0 aliphatic carbocycles. The van der Waals surface area contributed by atoms with Gasteiger partial charge in [-0.15, -0.1) is 0 Å². The number of carbonyl (C=O) groups is 1. The van der Waals surface area contributed by atoms with E-state index in [0.717, 1.165) is 0 Å². The molecule has 0 amide bonds. The van der Waals surface area contributed by atoms with Crippen molar-refractivity contribution in [2.24, 2.45) is 0 Å². The molecule has 12 heavy (non-hydrogen) atoms. The van der Waals surface area contributed by atoms with Gasteiger partial charge >= 0.3 is 0 Å². The van der Waals surface area contributed by atoms with E-state index in [4.69, 9.17) is 25.5 Å². The van der Waals surface area contributed by atoms with Gasteiger partial charge in [0.15, 0.2) is 6.29 Å². The second kappa shape index (κ2) is 5.18. The van der Waals surface area contributed by atoms with E-state index in [1.807, 2.05) is 0 Å². The van der Waals surface area contributed by atoms with Gasteiger partial charge in [-0.2, -0.15) is 0 Å². The largest absolute Gasteiger partial charge is 0.394 e. The predicted molar refractivity (Wildman–Crippen MR) is 37.2 cm³/mol. The first kappa shape index (κ1) is 11.5. The van der Waals surface area contributed by atoms with Crippen LogP contribution < -0.4 is 0 Å². The number of hydrogen-bond donors (Lipinski definition) is 5. The van der Waals surface area contributed by atoms with Crippen LogP contribution in [0, 0.1) is 0 Å². The van der Waals surface area contributed by atoms with E-state index in [1.165, 1.54) is 0 Å². The van der Waals surface area contributed by atoms with Gasteiger partial charge in [-0.05, 0) is 0 Å². The molecular weight excluding hydrogens is 168 g/mol. The third kappa shape index (κ3) is 2.84. The summed E-state index contributed by atoms with van der Waals surface area (Å²) in [6.07, 6.45) is -6.84. The zero-order chi connectivity index (χ0) is 9.72. The monoisotopic (exact) mass is 180 g/mol. The smallest absolute Gasteiger partial charge is 0.151 e. The zero-order valence-electron chi connectivity index (χ0n) is 6.24. The Labute approximate surface area is 68.7 Å². The summed E-state index contributed by atoms with van der Waals surface area (Å²) >= 11 is 0. The number of aliphatic hydroxyl groups is 5. The molecule has 0 aromatic carbocycles. The Morgan fingerprint density at radius 1 is 1.08 bits per heavy atom. The lowest BCUT2D eigenvalue weighted by atomic mass is 10.0. The van der Waals surface area contributed by atoms with E-state index >= 15 is 0 Å². The van der Waals surface area contributed by atoms with Gasteiger partial charge in [0.2, 0.25) is 0 Å². The lowest BCUT2D eigenvalue weighted by molar-refractivity contribution is -0.136. The molecule has 72 valence electrons. The first-order valence-corrected chi connectivity index (χ1v) is 3.33. The van der Waals surface area contributed by atoms with Crippen molar-refractivity contribution < 1.29 is 30.3 Å². The minimum atomic E-state index is -1.79. The summed E-state index contributed by atoms with van der Waals surface area (Å²) in [6.45, 7) is -0.760. The van der Waals surface area contributed by atoms with Gasteiger partial charge in [0, 0.05) is 0 Å². The third-order valence-electron chi connectivity index (χ3n) is 1.42. The fourth-order valence-corrected chi connectivity index (χ4v) is 0.618. The van der Waals surface area contributed by atoms with E-state index in [-0.39, 0.29) is 6.29 Å². The van der Waals surface area contributed by atoms with Gasteiger partial charge in [0.1, 0.15) is 24.4 Å². The first-order chi connectivity index (χ1) is 5.54. The predicted octanol–water partition coefficient (Wildman–Crippen LogP) is -3.38. The maximum Gasteiger partial charge on any atom is 0.151 e. The highest BCUT2D eigenvalue weighted by molar-refractivity contribution is 5.56. The quantitative estimate of drug-likeness (QED) is 0.282. The summed E-state index contributed by atoms with van der Waals surface area (Å²) in [7, 11) is 0. The van der Waals surface area contributed by atoms with E-state index in [2.05, 4.69) is 0 Å². The molecule has 0 saturated heterocycles. The summed E-state index contributed by atoms with van der Waals surface area (Å²) in [5.41, 5.74) is 0. The SMILES string of the molecule is O=C[C@@H](O)[C@@H](O)[C@H](O)[C@@H](O)CO. The van der Waals surface area contributed by atoms with Crippen molar-refractivity contribution in [1.82, 2.24) is 0 Å². The summed E-state index contributed by atoms with van der Waals surface area (Å²) in [6, 6.07) is 0. The van der Waals surface area contributed by atoms with Gasteiger partial charge in [-0.3, -0.25) is 0 Å². The van der Waals surface area contributed by atoms with Gasteiger partial charge in [0.05, 0.1) is 6.61 Å². The molecule has 0 aliphatic rings. The summed E-state index contributed by atoms with van der Waals surface area (Å²) < 4.78 is 0. The normalized spacial score (nSPS) is 21.1. The topological polar surface area (TPSA) is 118 Å². The van der Waals surface area contributed by atoms with E-state index in [9.17, 15) is 4.79 Å². The van der Waals surface area contributed by atoms with Gasteiger partial charge < -0.3 is 30.3 Å². The Hall–Kier alpha value is -0.530. The molecule has 0 rings (SSSR count). The molecular formula is C6H12O6. The average Bonchev–Trinajstić information content (AvgIpc) is 2.12. The molecule has 0 radical (unpaired) electrons. The molecule has 5 N–H and O–H groups in total. The standard InChI is InChI=1S/C6H12O6/c7-1-3(9)5(11)6(12)4(10)2-8/h1,3-6,8-12H,2H2/t3-,4+,5-,6-/m1/s1. The molecule has 6 heteroatoms. The van der Waals surface area contributed by atoms with Crippen LogP contribution in [-0.4, -0.2) is 62.8 Å². The number of hydrogen-bond acceptors (Lipinski definition) is 6. The lowest BCUT2D eigenvalue weighted by Gasteiger charge is -2.22. The maximum absolute atomic E-state index is 9.90. The molecule has 0 unspecified atom stereocenters. The number of aliphatic hydroxyl groups excluding tert-OH is 5. The summed E-state index contributed by atoms with van der Waals surface area (Å²) in [5, 5.41) is 43.5. The molecule has 0 aliphatic heterocycles. The summed E-state index contributed by atoms with van der Waals surface area (Å²) in [5.74, 6) is 0. The minimum Gasteiger partial charge on any atom is -0.394 e. The van der Waals surface area contributed by atoms with Crippen LogP contribution >= 0.6 is 0 Å². The van der Waals surface area contributed by atoms with Crippen molar-refractivity contribution in [2.75, 3.05) is 6.61 Å². The maximum atomic E-state index is 9.90. The molecule has 0 saturated carbocycles. The van der Waals surface area contributed by atoms with Crippen molar-refractivity contribution in [3.63, 3.8) is 0 Å². The molecule has 6 nitrogen and oxygen atoms in total. The Bertz CT molecular complexity index is 138. The average molecular weight is 180 g/mol. The van der Waals surface area contributed by atoms with Gasteiger partial charge in [-0.25, -0.2) is 0 Å². The third-order valence-corrected chi connectivity index (χ3v) is 1.42. The van der Waals surface area contributed by atoms with Crippen LogP contribution in [0.4, 0.5) is 0 Å². The highest BCUT2D eigenvalue weighted by Gasteiger charge is 2.29. The number of aldehydes is 1. The van der Waals surface area contributed by atoms with Crippen LogP contribution in [0.5, 0.6) is 0 Å². The Kier molecular flexibility index (Phi) is 4.95. The second-order valence-electron chi connectivity index (χ2n) is 2.36. The molecule has 4 atom stereocenters. The van der Waals surface area contributed by atoms with Crippen molar-refractivity contribution in [3.05, 3.63) is 0 Å². The Morgan fingerprint density at radius 3 is 1.92 bits per heavy atom. The first-order valence-electron chi connectivity index (χ1n) is 3.33. The van der Waals surface area contributed by atoms with E-state index in [0.29, 0.717) is 0 Å². The molecule has 0 bridgehead atoms. The van der Waals surface area contributed by atoms with Crippen molar-refractivity contribution >= 4 is 6.29 Å². The zero-order valence-corrected chi connectivity index (χ0v) is 6.24. The van der Waals surface area contributed by atoms with E-state index < -0.39 is 31.0 Å². The fraction of sp³-hybridized carbons (Fsp3) is 0.833. The summed E-state index contributed by atoms with van der Waals surface area (Å²) in [4.78, 5) is 9.90. The van der Waals surface area contributed by atoms with Gasteiger partial charge in [0.25, 0.3) is 0 Å². The highest BCUT2D eigenvalue weighted by Crippen LogP contribution is 2.02. The van der Waals surface area contributed by atoms with Crippen molar-refractivity contribution in [2.45, 2.75) is 24.4 Å². The molecule has 0 aromatic rings. The molecule has 0 spiro atoms. The van der Waals surface area contributed by atoms with Crippen LogP contribution in [0.25, 0.3) is 0 Å². The van der Waals surface area contributed by atoms with Crippen LogP contribution in [-0.2, 0) is 4.79 Å². The van der Waals surface area contributed by atoms with E-state index in [1.54, 1.807) is 0 Å². The molecule has 0 aromatic heterocycles. The fourth-order valence-electron chi connectivity index (χ4n) is 0.618. The molecule has 0 heterocycles. The minimum absolute atomic E-state index is 0.0258. The van der Waals surface area contributed by atoms with Crippen molar-refractivity contribution in [3.8, 4) is 0 Å². The molecule has 0 fully saturated rings. The Morgan fingerprint density at radius 2 is 1.58 bits per heavy atom. The number of carbonyl (C=O) groups excluding carboxylic acids is 1. The van der Waals surface area contributed by atoms with Crippen molar-refractivity contribution in [1.29, 1.82) is 0 Å². The second-order valence-corrected chi connectivity index (χ2v) is 2.36. The Balaban J connectivity index is 4.07.